The van der Waals surface area contributed by atoms with Gasteiger partial charge in [-0.05, 0) is 62.6 Å². The summed E-state index contributed by atoms with van der Waals surface area (Å²) in [4.78, 5) is 28.2. The summed E-state index contributed by atoms with van der Waals surface area (Å²) in [7, 11) is -4.11. The fourth-order valence-electron chi connectivity index (χ4n) is 4.12. The van der Waals surface area contributed by atoms with Gasteiger partial charge in [0.25, 0.3) is 10.0 Å². The fourth-order valence-corrected chi connectivity index (χ4v) is 5.77. The van der Waals surface area contributed by atoms with Crippen LogP contribution in [0.2, 0.25) is 5.02 Å². The molecule has 0 saturated carbocycles. The number of likely N-dealkylation sites (N-methyl/N-ethyl adjacent to an activating group) is 1. The van der Waals surface area contributed by atoms with Gasteiger partial charge in [0.05, 0.1) is 10.6 Å². The predicted molar refractivity (Wildman–Crippen MR) is 152 cm³/mol. The molecule has 2 amide bonds. The standard InChI is InChI=1S/C29H34ClN3O4S/c1-5-23-11-8-10-14-27(23)33(38(36,37)25-17-15-21(3)16-18-25)20-28(34)32(22(4)29(35)31-6-2)19-24-12-7-9-13-26(24)30/h7-18,22H,5-6,19-20H2,1-4H3,(H,31,35). The van der Waals surface area contributed by atoms with Gasteiger partial charge >= 0.3 is 0 Å². The van der Waals surface area contributed by atoms with Crippen LogP contribution in [0.1, 0.15) is 37.5 Å². The van der Waals surface area contributed by atoms with Crippen molar-refractivity contribution in [3.05, 3.63) is 94.5 Å². The highest BCUT2D eigenvalue weighted by Gasteiger charge is 2.33. The molecule has 3 aromatic rings. The van der Waals surface area contributed by atoms with E-state index < -0.39 is 28.5 Å². The Kier molecular flexibility index (Phi) is 9.94. The van der Waals surface area contributed by atoms with Crippen LogP contribution in [0, 0.1) is 6.92 Å². The van der Waals surface area contributed by atoms with Crippen LogP contribution >= 0.6 is 11.6 Å². The van der Waals surface area contributed by atoms with Gasteiger partial charge in [-0.3, -0.25) is 13.9 Å². The number of aryl methyl sites for hydroxylation is 2. The number of nitrogens with zero attached hydrogens (tertiary/aromatic N) is 2. The third kappa shape index (κ3) is 6.74. The highest BCUT2D eigenvalue weighted by molar-refractivity contribution is 7.92. The van der Waals surface area contributed by atoms with Crippen LogP contribution in [-0.2, 0) is 32.6 Å². The lowest BCUT2D eigenvalue weighted by atomic mass is 10.1. The number of halogens is 1. The van der Waals surface area contributed by atoms with Crippen molar-refractivity contribution in [2.75, 3.05) is 17.4 Å². The third-order valence-electron chi connectivity index (χ3n) is 6.35. The van der Waals surface area contributed by atoms with Crippen LogP contribution in [0.3, 0.4) is 0 Å². The number of amides is 2. The molecule has 0 aromatic heterocycles. The largest absolute Gasteiger partial charge is 0.355 e. The lowest BCUT2D eigenvalue weighted by Gasteiger charge is -2.32. The molecule has 0 aliphatic heterocycles. The summed E-state index contributed by atoms with van der Waals surface area (Å²) in [6.07, 6.45) is 0.572. The van der Waals surface area contributed by atoms with Gasteiger partial charge < -0.3 is 10.2 Å². The Morgan fingerprint density at radius 1 is 0.921 bits per heavy atom. The van der Waals surface area contributed by atoms with E-state index in [1.165, 1.54) is 17.0 Å². The van der Waals surface area contributed by atoms with E-state index in [-0.39, 0.29) is 17.3 Å². The van der Waals surface area contributed by atoms with Crippen LogP contribution in [0.4, 0.5) is 5.69 Å². The SMILES string of the molecule is CCNC(=O)C(C)N(Cc1ccccc1Cl)C(=O)CN(c1ccccc1CC)S(=O)(=O)c1ccc(C)cc1. The zero-order chi connectivity index (χ0) is 27.9. The summed E-state index contributed by atoms with van der Waals surface area (Å²) in [5.41, 5.74) is 2.78. The molecule has 0 aliphatic rings. The Balaban J connectivity index is 2.08. The van der Waals surface area contributed by atoms with Crippen LogP contribution in [0.25, 0.3) is 0 Å². The van der Waals surface area contributed by atoms with Gasteiger partial charge in [0.2, 0.25) is 11.8 Å². The molecular weight excluding hydrogens is 522 g/mol. The van der Waals surface area contributed by atoms with E-state index in [1.807, 2.05) is 26.0 Å². The lowest BCUT2D eigenvalue weighted by Crippen LogP contribution is -2.51. The van der Waals surface area contributed by atoms with E-state index in [0.717, 1.165) is 15.4 Å². The molecule has 3 aromatic carbocycles. The monoisotopic (exact) mass is 555 g/mol. The van der Waals surface area contributed by atoms with Crippen LogP contribution in [0.15, 0.2) is 77.7 Å². The summed E-state index contributed by atoms with van der Waals surface area (Å²) in [5.74, 6) is -0.861. The van der Waals surface area contributed by atoms with Gasteiger partial charge in [0.1, 0.15) is 12.6 Å². The van der Waals surface area contributed by atoms with Crippen LogP contribution in [0.5, 0.6) is 0 Å². The Morgan fingerprint density at radius 2 is 1.53 bits per heavy atom. The Bertz CT molecular complexity index is 1380. The summed E-state index contributed by atoms with van der Waals surface area (Å²) in [6, 6.07) is 19.8. The summed E-state index contributed by atoms with van der Waals surface area (Å²) >= 11 is 6.38. The minimum absolute atomic E-state index is 0.0463. The quantitative estimate of drug-likeness (QED) is 0.362. The average Bonchev–Trinajstić information content (AvgIpc) is 2.91. The summed E-state index contributed by atoms with van der Waals surface area (Å²) in [5, 5.41) is 3.20. The van der Waals surface area contributed by atoms with Crippen molar-refractivity contribution >= 4 is 39.1 Å². The molecule has 0 aliphatic carbocycles. The molecule has 0 spiro atoms. The second-order valence-electron chi connectivity index (χ2n) is 8.99. The molecule has 38 heavy (non-hydrogen) atoms. The van der Waals surface area contributed by atoms with E-state index in [9.17, 15) is 18.0 Å². The fraction of sp³-hybridized carbons (Fsp3) is 0.310. The van der Waals surface area contributed by atoms with Gasteiger partial charge in [-0.25, -0.2) is 8.42 Å². The number of carbonyl (C=O) groups excluding carboxylic acids is 2. The highest BCUT2D eigenvalue weighted by Crippen LogP contribution is 2.28. The number of hydrogen-bond donors (Lipinski definition) is 1. The van der Waals surface area contributed by atoms with Crippen LogP contribution in [-0.4, -0.2) is 44.3 Å². The maximum Gasteiger partial charge on any atom is 0.264 e. The molecule has 3 rings (SSSR count). The second kappa shape index (κ2) is 12.9. The number of benzene rings is 3. The number of rotatable bonds is 11. The molecule has 1 unspecified atom stereocenters. The van der Waals surface area contributed by atoms with E-state index in [1.54, 1.807) is 62.4 Å². The van der Waals surface area contributed by atoms with Crippen molar-refractivity contribution in [3.8, 4) is 0 Å². The Morgan fingerprint density at radius 3 is 2.13 bits per heavy atom. The lowest BCUT2D eigenvalue weighted by molar-refractivity contribution is -0.139. The first kappa shape index (κ1) is 29.2. The molecule has 0 heterocycles. The predicted octanol–water partition coefficient (Wildman–Crippen LogP) is 4.96. The number of carbonyl (C=O) groups is 2. The molecule has 202 valence electrons. The van der Waals surface area contributed by atoms with Crippen molar-refractivity contribution in [1.82, 2.24) is 10.2 Å². The average molecular weight is 556 g/mol. The first-order chi connectivity index (χ1) is 18.1. The smallest absolute Gasteiger partial charge is 0.264 e. The zero-order valence-corrected chi connectivity index (χ0v) is 23.7. The van der Waals surface area contributed by atoms with Crippen molar-refractivity contribution in [3.63, 3.8) is 0 Å². The van der Waals surface area contributed by atoms with E-state index in [4.69, 9.17) is 11.6 Å². The molecule has 0 radical (unpaired) electrons. The van der Waals surface area contributed by atoms with Crippen LogP contribution < -0.4 is 9.62 Å². The number of hydrogen-bond acceptors (Lipinski definition) is 4. The molecule has 0 bridgehead atoms. The van der Waals surface area contributed by atoms with Gasteiger partial charge in [-0.1, -0.05) is 72.6 Å². The van der Waals surface area contributed by atoms with Crippen molar-refractivity contribution in [1.29, 1.82) is 0 Å². The summed E-state index contributed by atoms with van der Waals surface area (Å²) in [6.45, 7) is 7.18. The molecule has 1 atom stereocenters. The van der Waals surface area contributed by atoms with E-state index in [2.05, 4.69) is 5.32 Å². The molecule has 1 N–H and O–H groups in total. The van der Waals surface area contributed by atoms with Gasteiger partial charge in [-0.2, -0.15) is 0 Å². The van der Waals surface area contributed by atoms with Gasteiger partial charge in [0.15, 0.2) is 0 Å². The Labute approximate surface area is 230 Å². The maximum absolute atomic E-state index is 13.9. The van der Waals surface area contributed by atoms with Gasteiger partial charge in [0, 0.05) is 18.1 Å². The first-order valence-electron chi connectivity index (χ1n) is 12.6. The van der Waals surface area contributed by atoms with Crippen molar-refractivity contribution in [2.24, 2.45) is 0 Å². The number of sulfonamides is 1. The molecule has 9 heteroatoms. The number of anilines is 1. The third-order valence-corrected chi connectivity index (χ3v) is 8.49. The van der Waals surface area contributed by atoms with Gasteiger partial charge in [-0.15, -0.1) is 0 Å². The minimum Gasteiger partial charge on any atom is -0.355 e. The normalized spacial score (nSPS) is 12.0. The maximum atomic E-state index is 13.9. The molecule has 7 nitrogen and oxygen atoms in total. The highest BCUT2D eigenvalue weighted by atomic mass is 35.5. The first-order valence-corrected chi connectivity index (χ1v) is 14.4. The molecule has 0 fully saturated rings. The number of para-hydroxylation sites is 1. The Hall–Kier alpha value is -3.36. The number of nitrogens with one attached hydrogen (secondary N) is 1. The van der Waals surface area contributed by atoms with Crippen molar-refractivity contribution in [2.45, 2.75) is 51.6 Å². The second-order valence-corrected chi connectivity index (χ2v) is 11.3. The topological polar surface area (TPSA) is 86.8 Å². The molecular formula is C29H34ClN3O4S. The van der Waals surface area contributed by atoms with Crippen molar-refractivity contribution < 1.29 is 18.0 Å². The summed E-state index contributed by atoms with van der Waals surface area (Å²) < 4.78 is 29.0. The van der Waals surface area contributed by atoms with E-state index >= 15 is 0 Å². The zero-order valence-electron chi connectivity index (χ0n) is 22.1. The minimum atomic E-state index is -4.11. The van der Waals surface area contributed by atoms with E-state index in [0.29, 0.717) is 29.2 Å². The molecule has 0 saturated heterocycles.